The van der Waals surface area contributed by atoms with Crippen molar-refractivity contribution < 1.29 is 29.5 Å². The molecule has 0 spiro atoms. The maximum absolute atomic E-state index is 12.9. The lowest BCUT2D eigenvalue weighted by Crippen LogP contribution is -2.98. The van der Waals surface area contributed by atoms with Crippen molar-refractivity contribution in [3.05, 3.63) is 29.8 Å². The lowest BCUT2D eigenvalue weighted by atomic mass is 9.78. The fraction of sp³-hybridized carbons (Fsp3) is 0.500. The Morgan fingerprint density at radius 3 is 2.54 bits per heavy atom. The first-order chi connectivity index (χ1) is 12.4. The Balaban J connectivity index is 2.11. The van der Waals surface area contributed by atoms with Crippen LogP contribution >= 0.6 is 11.8 Å². The number of amides is 2. The molecule has 2 aliphatic heterocycles. The average Bonchev–Trinajstić information content (AvgIpc) is 3.10. The molecule has 0 unspecified atom stereocenters. The first kappa shape index (κ1) is 18.7. The second kappa shape index (κ2) is 6.92. The van der Waals surface area contributed by atoms with Gasteiger partial charge >= 0.3 is 5.97 Å². The second-order valence-electron chi connectivity index (χ2n) is 6.80. The number of hydrogen-bond donors (Lipinski definition) is 2. The molecule has 0 bridgehead atoms. The van der Waals surface area contributed by atoms with Gasteiger partial charge in [0.1, 0.15) is 23.6 Å². The van der Waals surface area contributed by atoms with Gasteiger partial charge in [-0.1, -0.05) is 0 Å². The molecule has 7 nitrogen and oxygen atoms in total. The molecule has 26 heavy (non-hydrogen) atoms. The zero-order chi connectivity index (χ0) is 19.1. The average molecular weight is 379 g/mol. The van der Waals surface area contributed by atoms with Gasteiger partial charge in [-0.05, 0) is 36.3 Å². The molecule has 0 aromatic heterocycles. The van der Waals surface area contributed by atoms with Crippen LogP contribution < -0.4 is 5.32 Å². The van der Waals surface area contributed by atoms with Gasteiger partial charge in [-0.2, -0.15) is 11.8 Å². The van der Waals surface area contributed by atoms with Gasteiger partial charge in [0.05, 0.1) is 7.11 Å². The summed E-state index contributed by atoms with van der Waals surface area (Å²) < 4.78 is 5.06. The fourth-order valence-electron chi connectivity index (χ4n) is 4.26. The van der Waals surface area contributed by atoms with Crippen molar-refractivity contribution in [3.8, 4) is 5.75 Å². The summed E-state index contributed by atoms with van der Waals surface area (Å²) in [6.45, 7) is 0. The number of nitrogens with zero attached hydrogens (tertiary/aromatic N) is 1. The molecule has 8 heteroatoms. The summed E-state index contributed by atoms with van der Waals surface area (Å²) in [5.74, 6) is -1.66. The van der Waals surface area contributed by atoms with Crippen LogP contribution in [0.2, 0.25) is 0 Å². The number of likely N-dealkylation sites (tertiary alicyclic amines) is 1. The molecule has 0 radical (unpaired) electrons. The van der Waals surface area contributed by atoms with Crippen LogP contribution in [0.25, 0.3) is 0 Å². The van der Waals surface area contributed by atoms with Crippen LogP contribution in [0, 0.1) is 11.8 Å². The van der Waals surface area contributed by atoms with Crippen LogP contribution in [0.15, 0.2) is 24.3 Å². The third kappa shape index (κ3) is 2.68. The van der Waals surface area contributed by atoms with Gasteiger partial charge in [-0.3, -0.25) is 14.5 Å². The van der Waals surface area contributed by atoms with E-state index in [-0.39, 0.29) is 23.6 Å². The Morgan fingerprint density at radius 2 is 1.96 bits per heavy atom. The number of nitrogens with two attached hydrogens (primary N) is 1. The molecular weight excluding hydrogens is 356 g/mol. The van der Waals surface area contributed by atoms with Crippen molar-refractivity contribution in [2.75, 3.05) is 26.2 Å². The van der Waals surface area contributed by atoms with Crippen LogP contribution in [0.1, 0.15) is 18.0 Å². The number of imide groups is 1. The number of methoxy groups -OCH3 is 1. The lowest BCUT2D eigenvalue weighted by Gasteiger charge is -2.28. The molecule has 0 aliphatic carbocycles. The predicted molar refractivity (Wildman–Crippen MR) is 95.3 cm³/mol. The summed E-state index contributed by atoms with van der Waals surface area (Å²) >= 11 is 1.58. The number of rotatable bonds is 5. The number of phenols is 1. The Morgan fingerprint density at radius 1 is 1.31 bits per heavy atom. The van der Waals surface area contributed by atoms with Crippen molar-refractivity contribution in [2.24, 2.45) is 11.8 Å². The number of carbonyl (C=O) groups is 3. The molecule has 2 saturated heterocycles. The van der Waals surface area contributed by atoms with Gasteiger partial charge in [0, 0.05) is 19.0 Å². The summed E-state index contributed by atoms with van der Waals surface area (Å²) in [5, 5.41) is 11.4. The first-order valence-corrected chi connectivity index (χ1v) is 9.80. The van der Waals surface area contributed by atoms with Gasteiger partial charge < -0.3 is 15.2 Å². The zero-order valence-corrected chi connectivity index (χ0v) is 15.8. The van der Waals surface area contributed by atoms with E-state index in [1.165, 1.54) is 14.2 Å². The third-order valence-electron chi connectivity index (χ3n) is 5.55. The predicted octanol–water partition coefficient (Wildman–Crippen LogP) is -0.0938. The van der Waals surface area contributed by atoms with Gasteiger partial charge in [-0.15, -0.1) is 0 Å². The number of phenolic OH excluding ortho intramolecular Hbond substituents is 1. The second-order valence-corrected chi connectivity index (χ2v) is 7.78. The monoisotopic (exact) mass is 379 g/mol. The molecule has 140 valence electrons. The summed E-state index contributed by atoms with van der Waals surface area (Å²) in [6, 6.07) is 6.16. The maximum atomic E-state index is 12.9. The van der Waals surface area contributed by atoms with E-state index in [4.69, 9.17) is 4.74 Å². The molecule has 3 rings (SSSR count). The number of quaternary nitrogens is 1. The minimum atomic E-state index is -1.12. The van der Waals surface area contributed by atoms with Crippen molar-refractivity contribution in [1.29, 1.82) is 0 Å². The van der Waals surface area contributed by atoms with E-state index in [2.05, 4.69) is 0 Å². The summed E-state index contributed by atoms with van der Waals surface area (Å²) in [6.07, 6.45) is 2.37. The Labute approximate surface area is 156 Å². The largest absolute Gasteiger partial charge is 0.508 e. The van der Waals surface area contributed by atoms with E-state index in [0.29, 0.717) is 12.2 Å². The summed E-state index contributed by atoms with van der Waals surface area (Å²) in [5.41, 5.74) is -0.327. The highest BCUT2D eigenvalue weighted by molar-refractivity contribution is 7.98. The van der Waals surface area contributed by atoms with E-state index >= 15 is 0 Å². The van der Waals surface area contributed by atoms with Crippen LogP contribution in [0.3, 0.4) is 0 Å². The molecule has 4 atom stereocenters. The number of esters is 1. The van der Waals surface area contributed by atoms with Crippen LogP contribution in [0.5, 0.6) is 5.75 Å². The number of thioether (sulfide) groups is 1. The quantitative estimate of drug-likeness (QED) is 0.548. The van der Waals surface area contributed by atoms with Gasteiger partial charge in [0.15, 0.2) is 0 Å². The molecule has 2 aliphatic rings. The zero-order valence-electron chi connectivity index (χ0n) is 15.0. The molecule has 3 N–H and O–H groups in total. The minimum absolute atomic E-state index is 0.121. The summed E-state index contributed by atoms with van der Waals surface area (Å²) in [4.78, 5) is 39.6. The molecule has 1 aromatic rings. The van der Waals surface area contributed by atoms with E-state index in [1.807, 2.05) is 11.6 Å². The minimum Gasteiger partial charge on any atom is -0.508 e. The number of hydrogen-bond acceptors (Lipinski definition) is 6. The number of aromatic hydroxyl groups is 1. The van der Waals surface area contributed by atoms with Crippen molar-refractivity contribution >= 4 is 29.5 Å². The van der Waals surface area contributed by atoms with Crippen LogP contribution in [0.4, 0.5) is 0 Å². The number of benzene rings is 1. The molecule has 0 saturated carbocycles. The Bertz CT molecular complexity index is 738. The topological polar surface area (TPSA) is 101 Å². The van der Waals surface area contributed by atoms with E-state index < -0.39 is 23.3 Å². The molecule has 2 amide bonds. The SMILES string of the molecule is COC(=O)[C@]1(CCSC)[NH2+][C@@H](c2ccc(O)cc2)[C@H]2C(=O)N(C)C(=O)[C@@H]21. The van der Waals surface area contributed by atoms with Crippen molar-refractivity contribution in [2.45, 2.75) is 18.0 Å². The van der Waals surface area contributed by atoms with Crippen molar-refractivity contribution in [1.82, 2.24) is 4.90 Å². The third-order valence-corrected chi connectivity index (χ3v) is 6.17. The highest BCUT2D eigenvalue weighted by atomic mass is 32.2. The Kier molecular flexibility index (Phi) is 4.98. The normalized spacial score (nSPS) is 30.6. The number of ether oxygens (including phenoxy) is 1. The van der Waals surface area contributed by atoms with Crippen molar-refractivity contribution in [3.63, 3.8) is 0 Å². The van der Waals surface area contributed by atoms with Gasteiger partial charge in [0.2, 0.25) is 17.4 Å². The fourth-order valence-corrected chi connectivity index (χ4v) is 4.81. The van der Waals surface area contributed by atoms with Crippen LogP contribution in [-0.4, -0.2) is 59.5 Å². The van der Waals surface area contributed by atoms with E-state index in [0.717, 1.165) is 10.5 Å². The molecule has 2 heterocycles. The molecular formula is C18H23N2O5S+. The lowest BCUT2D eigenvalue weighted by molar-refractivity contribution is -0.734. The molecule has 1 aromatic carbocycles. The molecule has 2 fully saturated rings. The number of carbonyl (C=O) groups excluding carboxylic acids is 3. The highest BCUT2D eigenvalue weighted by Gasteiger charge is 2.71. The van der Waals surface area contributed by atoms with Gasteiger partial charge in [0.25, 0.3) is 0 Å². The van der Waals surface area contributed by atoms with Gasteiger partial charge in [-0.25, -0.2) is 4.79 Å². The Hall–Kier alpha value is -2.06. The van der Waals surface area contributed by atoms with Crippen LogP contribution in [-0.2, 0) is 19.1 Å². The van der Waals surface area contributed by atoms with E-state index in [1.54, 1.807) is 36.0 Å². The smallest absolute Gasteiger partial charge is 0.368 e. The summed E-state index contributed by atoms with van der Waals surface area (Å²) in [7, 11) is 2.78. The highest BCUT2D eigenvalue weighted by Crippen LogP contribution is 2.45. The first-order valence-electron chi connectivity index (χ1n) is 8.41. The maximum Gasteiger partial charge on any atom is 0.368 e. The standard InChI is InChI=1S/C18H22N2O5S/c1-20-15(22)12-13(16(20)23)18(8-9-26-3,17(24)25-2)19-14(12)10-4-6-11(21)7-5-10/h4-7,12-14,19,21H,8-9H2,1-3H3/p+1/t12-,13+,14-,18+/m0/s1. The number of fused-ring (bicyclic) bond motifs is 1. The van der Waals surface area contributed by atoms with E-state index in [9.17, 15) is 19.5 Å².